The minimum atomic E-state index is -0.293. The number of carbonyl (C=O) groups excluding carboxylic acids is 1. The molecule has 0 aromatic carbocycles. The molecular weight excluding hydrogens is 430 g/mol. The Hall–Kier alpha value is -0.950. The van der Waals surface area contributed by atoms with Gasteiger partial charge < -0.3 is 24.7 Å². The molecule has 1 saturated carbocycles. The van der Waals surface area contributed by atoms with E-state index in [4.69, 9.17) is 24.7 Å². The molecule has 0 aromatic heterocycles. The van der Waals surface area contributed by atoms with Crippen molar-refractivity contribution in [2.75, 3.05) is 20.3 Å². The van der Waals surface area contributed by atoms with E-state index < -0.39 is 0 Å². The topological polar surface area (TPSA) is 86.6 Å². The summed E-state index contributed by atoms with van der Waals surface area (Å²) >= 11 is 0. The Morgan fingerprint density at radius 2 is 1.68 bits per heavy atom. The number of esters is 1. The van der Waals surface area contributed by atoms with Crippen molar-refractivity contribution in [3.8, 4) is 0 Å². The van der Waals surface area contributed by atoms with E-state index in [1.54, 1.807) is 7.11 Å². The Bertz CT molecular complexity index is 672. The van der Waals surface area contributed by atoms with Gasteiger partial charge in [0.05, 0.1) is 18.6 Å². The summed E-state index contributed by atoms with van der Waals surface area (Å²) in [4.78, 5) is 12.6. The molecule has 196 valence electrons. The van der Waals surface area contributed by atoms with Crippen LogP contribution in [0.15, 0.2) is 11.6 Å². The molecule has 3 unspecified atom stereocenters. The van der Waals surface area contributed by atoms with Crippen molar-refractivity contribution >= 4 is 5.97 Å². The van der Waals surface area contributed by atoms with Gasteiger partial charge in [0, 0.05) is 13.5 Å². The SMILES string of the molecule is COC1C(OC(=O)CCCCCCCCCCCN)CC[C@]2(CO2)C1[C@]1(C)O[C@@H]1CC=C(C)C. The van der Waals surface area contributed by atoms with Crippen molar-refractivity contribution in [3.63, 3.8) is 0 Å². The molecule has 3 aliphatic rings. The number of methoxy groups -OCH3 is 1. The number of hydrogen-bond donors (Lipinski definition) is 1. The minimum Gasteiger partial charge on any atom is -0.460 e. The van der Waals surface area contributed by atoms with Gasteiger partial charge in [0.1, 0.15) is 23.4 Å². The van der Waals surface area contributed by atoms with E-state index in [0.29, 0.717) is 6.42 Å². The molecule has 34 heavy (non-hydrogen) atoms. The quantitative estimate of drug-likeness (QED) is 0.137. The molecule has 2 N–H and O–H groups in total. The zero-order valence-electron chi connectivity index (χ0n) is 22.1. The standard InChI is InChI=1S/C28H49NO5/c1-21(2)15-16-23-27(3,34-23)26-25(31-4)22(17-18-28(26)20-32-28)33-24(30)14-12-10-8-6-5-7-9-11-13-19-29/h15,22-23,25-26H,5-14,16-20,29H2,1-4H3/t22?,23-,25?,26?,27-,28+/m1/s1. The number of hydrogen-bond acceptors (Lipinski definition) is 6. The van der Waals surface area contributed by atoms with E-state index in [-0.39, 0.29) is 41.4 Å². The van der Waals surface area contributed by atoms with Crippen molar-refractivity contribution in [2.45, 2.75) is 134 Å². The smallest absolute Gasteiger partial charge is 0.306 e. The molecule has 0 bridgehead atoms. The average Bonchev–Trinajstić information content (AvgIpc) is 3.72. The Morgan fingerprint density at radius 1 is 1.06 bits per heavy atom. The van der Waals surface area contributed by atoms with Crippen LogP contribution in [-0.4, -0.2) is 55.7 Å². The van der Waals surface area contributed by atoms with Gasteiger partial charge in [0.2, 0.25) is 0 Å². The maximum absolute atomic E-state index is 12.6. The molecule has 2 aliphatic heterocycles. The summed E-state index contributed by atoms with van der Waals surface area (Å²) in [7, 11) is 1.73. The van der Waals surface area contributed by atoms with Gasteiger partial charge in [-0.25, -0.2) is 0 Å². The lowest BCUT2D eigenvalue weighted by Gasteiger charge is -2.42. The number of epoxide rings is 2. The monoisotopic (exact) mass is 479 g/mol. The number of nitrogens with two attached hydrogens (primary N) is 1. The summed E-state index contributed by atoms with van der Waals surface area (Å²) in [5.74, 6) is -0.0137. The summed E-state index contributed by atoms with van der Waals surface area (Å²) in [6, 6.07) is 0. The lowest BCUT2D eigenvalue weighted by molar-refractivity contribution is -0.172. The largest absolute Gasteiger partial charge is 0.460 e. The summed E-state index contributed by atoms with van der Waals surface area (Å²) in [5.41, 5.74) is 6.37. The van der Waals surface area contributed by atoms with Gasteiger partial charge in [0.25, 0.3) is 0 Å². The first-order valence-electron chi connectivity index (χ1n) is 13.7. The highest BCUT2D eigenvalue weighted by Gasteiger charge is 2.72. The van der Waals surface area contributed by atoms with E-state index >= 15 is 0 Å². The van der Waals surface area contributed by atoms with Gasteiger partial charge in [-0.3, -0.25) is 4.79 Å². The van der Waals surface area contributed by atoms with Gasteiger partial charge in [-0.15, -0.1) is 0 Å². The fourth-order valence-corrected chi connectivity index (χ4v) is 5.95. The molecule has 0 radical (unpaired) electrons. The highest BCUT2D eigenvalue weighted by atomic mass is 16.6. The second-order valence-electron chi connectivity index (χ2n) is 11.1. The fraction of sp³-hybridized carbons (Fsp3) is 0.893. The summed E-state index contributed by atoms with van der Waals surface area (Å²) in [6.07, 6.45) is 15.8. The first-order valence-corrected chi connectivity index (χ1v) is 13.7. The number of rotatable bonds is 16. The first-order chi connectivity index (χ1) is 16.4. The molecule has 2 heterocycles. The molecular formula is C28H49NO5. The van der Waals surface area contributed by atoms with Crippen LogP contribution >= 0.6 is 0 Å². The predicted octanol–water partition coefficient (Wildman–Crippen LogP) is 5.47. The second-order valence-corrected chi connectivity index (χ2v) is 11.1. The van der Waals surface area contributed by atoms with E-state index in [2.05, 4.69) is 26.8 Å². The maximum atomic E-state index is 12.6. The zero-order chi connectivity index (χ0) is 24.6. The molecule has 6 heteroatoms. The first kappa shape index (κ1) is 27.6. The molecule has 1 aliphatic carbocycles. The van der Waals surface area contributed by atoms with Crippen molar-refractivity contribution in [2.24, 2.45) is 11.7 Å². The average molecular weight is 480 g/mol. The van der Waals surface area contributed by atoms with E-state index in [1.165, 1.54) is 44.1 Å². The Labute approximate surface area is 207 Å². The zero-order valence-corrected chi connectivity index (χ0v) is 22.1. The maximum Gasteiger partial charge on any atom is 0.306 e. The normalized spacial score (nSPS) is 34.1. The highest BCUT2D eigenvalue weighted by molar-refractivity contribution is 5.69. The van der Waals surface area contributed by atoms with Crippen LogP contribution in [0.4, 0.5) is 0 Å². The van der Waals surface area contributed by atoms with Crippen LogP contribution in [0.1, 0.15) is 104 Å². The molecule has 0 aromatic rings. The van der Waals surface area contributed by atoms with Crippen molar-refractivity contribution < 1.29 is 23.7 Å². The van der Waals surface area contributed by atoms with E-state index in [0.717, 1.165) is 51.7 Å². The van der Waals surface area contributed by atoms with Crippen LogP contribution in [0.5, 0.6) is 0 Å². The molecule has 3 fully saturated rings. The Balaban J connectivity index is 1.41. The van der Waals surface area contributed by atoms with Gasteiger partial charge in [0.15, 0.2) is 0 Å². The van der Waals surface area contributed by atoms with Gasteiger partial charge in [-0.2, -0.15) is 0 Å². The number of carbonyl (C=O) groups is 1. The number of allylic oxidation sites excluding steroid dienone is 1. The third-order valence-electron chi connectivity index (χ3n) is 8.10. The highest BCUT2D eigenvalue weighted by Crippen LogP contribution is 2.59. The van der Waals surface area contributed by atoms with Crippen LogP contribution in [0, 0.1) is 5.92 Å². The third kappa shape index (κ3) is 7.28. The van der Waals surface area contributed by atoms with E-state index in [1.807, 2.05) is 0 Å². The number of ether oxygens (including phenoxy) is 4. The van der Waals surface area contributed by atoms with Crippen molar-refractivity contribution in [3.05, 3.63) is 11.6 Å². The van der Waals surface area contributed by atoms with Crippen LogP contribution in [0.2, 0.25) is 0 Å². The lowest BCUT2D eigenvalue weighted by atomic mass is 9.68. The minimum absolute atomic E-state index is 0.0805. The third-order valence-corrected chi connectivity index (χ3v) is 8.10. The molecule has 6 nitrogen and oxygen atoms in total. The Kier molecular flexibility index (Phi) is 10.4. The molecule has 2 saturated heterocycles. The van der Waals surface area contributed by atoms with E-state index in [9.17, 15) is 4.79 Å². The van der Waals surface area contributed by atoms with Crippen LogP contribution in [-0.2, 0) is 23.7 Å². The summed E-state index contributed by atoms with van der Waals surface area (Å²) in [5, 5.41) is 0. The van der Waals surface area contributed by atoms with Crippen LogP contribution in [0.3, 0.4) is 0 Å². The lowest BCUT2D eigenvalue weighted by Crippen LogP contribution is -2.55. The predicted molar refractivity (Wildman–Crippen MR) is 135 cm³/mol. The van der Waals surface area contributed by atoms with Gasteiger partial charge >= 0.3 is 5.97 Å². The van der Waals surface area contributed by atoms with Crippen molar-refractivity contribution in [1.29, 1.82) is 0 Å². The number of unbranched alkanes of at least 4 members (excludes halogenated alkanes) is 8. The summed E-state index contributed by atoms with van der Waals surface area (Å²) < 4.78 is 24.2. The van der Waals surface area contributed by atoms with Gasteiger partial charge in [-0.1, -0.05) is 56.6 Å². The summed E-state index contributed by atoms with van der Waals surface area (Å²) in [6.45, 7) is 7.97. The van der Waals surface area contributed by atoms with Crippen LogP contribution < -0.4 is 5.73 Å². The second kappa shape index (κ2) is 12.8. The Morgan fingerprint density at radius 3 is 2.24 bits per heavy atom. The fourth-order valence-electron chi connectivity index (χ4n) is 5.95. The molecule has 1 spiro atoms. The van der Waals surface area contributed by atoms with Crippen molar-refractivity contribution in [1.82, 2.24) is 0 Å². The van der Waals surface area contributed by atoms with Gasteiger partial charge in [-0.05, 0) is 59.4 Å². The molecule has 3 rings (SSSR count). The molecule has 0 amide bonds. The molecule has 6 atom stereocenters. The van der Waals surface area contributed by atoms with Crippen LogP contribution in [0.25, 0.3) is 0 Å².